The Balaban J connectivity index is 2.27. The summed E-state index contributed by atoms with van der Waals surface area (Å²) in [6.45, 7) is 2.05. The number of hydrogen-bond acceptors (Lipinski definition) is 2. The molecule has 0 saturated heterocycles. The van der Waals surface area contributed by atoms with Gasteiger partial charge in [-0.2, -0.15) is 0 Å². The number of nitrogens with two attached hydrogens (primary N) is 1. The molecule has 2 rings (SSSR count). The molecule has 0 bridgehead atoms. The van der Waals surface area contributed by atoms with Crippen LogP contribution in [0.25, 0.3) is 0 Å². The van der Waals surface area contributed by atoms with Crippen LogP contribution >= 0.6 is 0 Å². The van der Waals surface area contributed by atoms with Crippen LogP contribution in [0.1, 0.15) is 43.5 Å². The van der Waals surface area contributed by atoms with Crippen molar-refractivity contribution in [3.8, 4) is 0 Å². The van der Waals surface area contributed by atoms with Crippen LogP contribution in [-0.4, -0.2) is 9.97 Å². The van der Waals surface area contributed by atoms with E-state index in [4.69, 9.17) is 5.73 Å². The Morgan fingerprint density at radius 3 is 2.62 bits per heavy atom. The van der Waals surface area contributed by atoms with Gasteiger partial charge in [0.2, 0.25) is 0 Å². The van der Waals surface area contributed by atoms with Gasteiger partial charge < -0.3 is 10.7 Å². The highest BCUT2D eigenvalue weighted by atomic mass is 14.9. The van der Waals surface area contributed by atoms with Crippen molar-refractivity contribution in [2.24, 2.45) is 5.73 Å². The molecule has 0 radical (unpaired) electrons. The van der Waals surface area contributed by atoms with Gasteiger partial charge in [-0.3, -0.25) is 0 Å². The molecule has 13 heavy (non-hydrogen) atoms. The number of hydrogen-bond donors (Lipinski definition) is 2. The van der Waals surface area contributed by atoms with Crippen LogP contribution in [0.4, 0.5) is 0 Å². The van der Waals surface area contributed by atoms with Gasteiger partial charge in [0.05, 0.1) is 17.6 Å². The van der Waals surface area contributed by atoms with Crippen molar-refractivity contribution in [2.75, 3.05) is 0 Å². The Morgan fingerprint density at radius 1 is 1.38 bits per heavy atom. The highest BCUT2D eigenvalue weighted by molar-refractivity contribution is 5.20. The third-order valence-electron chi connectivity index (χ3n) is 3.05. The van der Waals surface area contributed by atoms with Gasteiger partial charge in [0.25, 0.3) is 0 Å². The lowest BCUT2D eigenvalue weighted by Crippen LogP contribution is -2.39. The van der Waals surface area contributed by atoms with E-state index in [-0.39, 0.29) is 5.54 Å². The molecule has 0 spiro atoms. The molecular weight excluding hydrogens is 162 g/mol. The molecule has 1 aromatic rings. The smallest absolute Gasteiger partial charge is 0.0926 e. The summed E-state index contributed by atoms with van der Waals surface area (Å²) in [7, 11) is 0. The highest BCUT2D eigenvalue weighted by Crippen LogP contribution is 2.34. The minimum Gasteiger partial charge on any atom is -0.348 e. The van der Waals surface area contributed by atoms with Gasteiger partial charge in [0.1, 0.15) is 0 Å². The van der Waals surface area contributed by atoms with Gasteiger partial charge in [-0.25, -0.2) is 4.98 Å². The minimum atomic E-state index is -0.150. The van der Waals surface area contributed by atoms with Crippen LogP contribution < -0.4 is 5.73 Å². The number of aromatic nitrogens is 2. The van der Waals surface area contributed by atoms with Crippen LogP contribution in [-0.2, 0) is 5.54 Å². The first-order chi connectivity index (χ1) is 6.22. The summed E-state index contributed by atoms with van der Waals surface area (Å²) in [5, 5.41) is 0. The lowest BCUT2D eigenvalue weighted by Gasteiger charge is -2.32. The molecule has 0 amide bonds. The average Bonchev–Trinajstić information content (AvgIpc) is 2.53. The van der Waals surface area contributed by atoms with Crippen LogP contribution in [0, 0.1) is 6.92 Å². The number of rotatable bonds is 1. The summed E-state index contributed by atoms with van der Waals surface area (Å²) < 4.78 is 0. The quantitative estimate of drug-likeness (QED) is 0.691. The van der Waals surface area contributed by atoms with Gasteiger partial charge in [0, 0.05) is 5.69 Å². The molecule has 1 saturated carbocycles. The molecule has 0 aromatic carbocycles. The van der Waals surface area contributed by atoms with Gasteiger partial charge in [0.15, 0.2) is 0 Å². The maximum Gasteiger partial charge on any atom is 0.0926 e. The third-order valence-corrected chi connectivity index (χ3v) is 3.05. The van der Waals surface area contributed by atoms with Crippen LogP contribution in [0.15, 0.2) is 6.33 Å². The van der Waals surface area contributed by atoms with E-state index in [0.717, 1.165) is 24.2 Å². The number of imidazole rings is 1. The summed E-state index contributed by atoms with van der Waals surface area (Å²) >= 11 is 0. The zero-order valence-corrected chi connectivity index (χ0v) is 8.14. The average molecular weight is 179 g/mol. The van der Waals surface area contributed by atoms with E-state index in [1.165, 1.54) is 19.3 Å². The van der Waals surface area contributed by atoms with Crippen LogP contribution in [0.5, 0.6) is 0 Å². The molecule has 3 nitrogen and oxygen atoms in total. The number of H-pyrrole nitrogens is 1. The molecule has 3 heteroatoms. The van der Waals surface area contributed by atoms with Crippen molar-refractivity contribution in [2.45, 2.75) is 44.6 Å². The second-order valence-corrected chi connectivity index (χ2v) is 4.09. The first-order valence-electron chi connectivity index (χ1n) is 5.02. The van der Waals surface area contributed by atoms with Crippen molar-refractivity contribution in [1.29, 1.82) is 0 Å². The fourth-order valence-corrected chi connectivity index (χ4v) is 2.28. The number of aryl methyl sites for hydroxylation is 1. The molecule has 1 aliphatic rings. The van der Waals surface area contributed by atoms with Crippen molar-refractivity contribution >= 4 is 0 Å². The van der Waals surface area contributed by atoms with Crippen molar-refractivity contribution in [3.05, 3.63) is 17.7 Å². The maximum atomic E-state index is 6.34. The summed E-state index contributed by atoms with van der Waals surface area (Å²) in [6, 6.07) is 0. The minimum absolute atomic E-state index is 0.150. The van der Waals surface area contributed by atoms with E-state index >= 15 is 0 Å². The number of aromatic amines is 1. The summed E-state index contributed by atoms with van der Waals surface area (Å²) in [4.78, 5) is 7.43. The Labute approximate surface area is 78.7 Å². The lowest BCUT2D eigenvalue weighted by atomic mass is 9.79. The first kappa shape index (κ1) is 8.75. The Kier molecular flexibility index (Phi) is 2.12. The second kappa shape index (κ2) is 3.14. The topological polar surface area (TPSA) is 54.7 Å². The predicted octanol–water partition coefficient (Wildman–Crippen LogP) is 1.84. The largest absolute Gasteiger partial charge is 0.348 e. The van der Waals surface area contributed by atoms with Crippen molar-refractivity contribution < 1.29 is 0 Å². The van der Waals surface area contributed by atoms with Gasteiger partial charge in [-0.15, -0.1) is 0 Å². The Hall–Kier alpha value is -0.830. The van der Waals surface area contributed by atoms with Crippen LogP contribution in [0.2, 0.25) is 0 Å². The van der Waals surface area contributed by atoms with E-state index in [1.54, 1.807) is 6.33 Å². The van der Waals surface area contributed by atoms with E-state index in [0.29, 0.717) is 0 Å². The van der Waals surface area contributed by atoms with E-state index in [1.807, 2.05) is 6.92 Å². The molecule has 0 unspecified atom stereocenters. The SMILES string of the molecule is Cc1[nH]cnc1C1(N)CCCCC1. The molecule has 1 fully saturated rings. The zero-order chi connectivity index (χ0) is 9.31. The van der Waals surface area contributed by atoms with E-state index < -0.39 is 0 Å². The molecule has 0 aliphatic heterocycles. The van der Waals surface area contributed by atoms with Gasteiger partial charge in [-0.05, 0) is 19.8 Å². The first-order valence-corrected chi connectivity index (χ1v) is 5.02. The van der Waals surface area contributed by atoms with Crippen molar-refractivity contribution in [3.63, 3.8) is 0 Å². The predicted molar refractivity (Wildman–Crippen MR) is 52.3 cm³/mol. The Bertz CT molecular complexity index is 284. The second-order valence-electron chi connectivity index (χ2n) is 4.09. The van der Waals surface area contributed by atoms with E-state index in [2.05, 4.69) is 9.97 Å². The third kappa shape index (κ3) is 1.48. The molecule has 1 aliphatic carbocycles. The fraction of sp³-hybridized carbons (Fsp3) is 0.700. The highest BCUT2D eigenvalue weighted by Gasteiger charge is 2.32. The molecule has 1 aromatic heterocycles. The molecular formula is C10H17N3. The molecule has 72 valence electrons. The summed E-state index contributed by atoms with van der Waals surface area (Å²) in [6.07, 6.45) is 7.71. The normalized spacial score (nSPS) is 21.7. The van der Waals surface area contributed by atoms with Gasteiger partial charge >= 0.3 is 0 Å². The maximum absolute atomic E-state index is 6.34. The zero-order valence-electron chi connectivity index (χ0n) is 8.14. The van der Waals surface area contributed by atoms with Crippen LogP contribution in [0.3, 0.4) is 0 Å². The summed E-state index contributed by atoms with van der Waals surface area (Å²) in [5.74, 6) is 0. The van der Waals surface area contributed by atoms with Gasteiger partial charge in [-0.1, -0.05) is 19.3 Å². The monoisotopic (exact) mass is 179 g/mol. The van der Waals surface area contributed by atoms with Crippen molar-refractivity contribution in [1.82, 2.24) is 9.97 Å². The fourth-order valence-electron chi connectivity index (χ4n) is 2.28. The number of nitrogens with zero attached hydrogens (tertiary/aromatic N) is 1. The molecule has 0 atom stereocenters. The summed E-state index contributed by atoms with van der Waals surface area (Å²) in [5.41, 5.74) is 8.40. The Morgan fingerprint density at radius 2 is 2.08 bits per heavy atom. The lowest BCUT2D eigenvalue weighted by molar-refractivity contribution is 0.294. The molecule has 1 heterocycles. The number of nitrogens with one attached hydrogen (secondary N) is 1. The standard InChI is InChI=1S/C10H17N3/c1-8-9(13-7-12-8)10(11)5-3-2-4-6-10/h7H,2-6,11H2,1H3,(H,12,13). The molecule has 3 N–H and O–H groups in total. The van der Waals surface area contributed by atoms with E-state index in [9.17, 15) is 0 Å².